The van der Waals surface area contributed by atoms with Crippen molar-refractivity contribution in [3.63, 3.8) is 0 Å². The fourth-order valence-electron chi connectivity index (χ4n) is 1.79. The van der Waals surface area contributed by atoms with Gasteiger partial charge in [0.2, 0.25) is 5.91 Å². The molecule has 0 aliphatic heterocycles. The molecule has 0 saturated heterocycles. The molecule has 1 amide bonds. The van der Waals surface area contributed by atoms with E-state index in [4.69, 9.17) is 0 Å². The smallest absolute Gasteiger partial charge is 0.225 e. The maximum atomic E-state index is 11.8. The van der Waals surface area contributed by atoms with Gasteiger partial charge in [-0.05, 0) is 31.0 Å². The second-order valence-corrected chi connectivity index (χ2v) is 4.41. The maximum absolute atomic E-state index is 11.8. The van der Waals surface area contributed by atoms with E-state index in [-0.39, 0.29) is 5.91 Å². The van der Waals surface area contributed by atoms with Crippen molar-refractivity contribution in [2.45, 2.75) is 39.5 Å². The van der Waals surface area contributed by atoms with E-state index in [1.807, 2.05) is 18.2 Å². The van der Waals surface area contributed by atoms with Gasteiger partial charge in [-0.3, -0.25) is 4.79 Å². The molecule has 0 aliphatic carbocycles. The molecule has 1 aromatic rings. The Morgan fingerprint density at radius 3 is 2.67 bits per heavy atom. The summed E-state index contributed by atoms with van der Waals surface area (Å²) in [6.07, 6.45) is 3.82. The van der Waals surface area contributed by atoms with E-state index in [0.717, 1.165) is 25.2 Å². The zero-order valence-corrected chi connectivity index (χ0v) is 11.5. The van der Waals surface area contributed by atoms with E-state index in [0.29, 0.717) is 6.42 Å². The Kier molecular flexibility index (Phi) is 7.11. The largest absolute Gasteiger partial charge is 0.326 e. The van der Waals surface area contributed by atoms with E-state index in [1.165, 1.54) is 18.4 Å². The summed E-state index contributed by atoms with van der Waals surface area (Å²) >= 11 is 0. The number of para-hydroxylation sites is 1. The molecule has 0 aliphatic rings. The van der Waals surface area contributed by atoms with E-state index >= 15 is 0 Å². The van der Waals surface area contributed by atoms with Crippen LogP contribution in [0.2, 0.25) is 0 Å². The first-order valence-electron chi connectivity index (χ1n) is 6.86. The fraction of sp³-hybridized carbons (Fsp3) is 0.533. The predicted octanol–water partition coefficient (Wildman–Crippen LogP) is 2.97. The minimum absolute atomic E-state index is 0.0832. The molecule has 3 nitrogen and oxygen atoms in total. The second-order valence-electron chi connectivity index (χ2n) is 4.41. The lowest BCUT2D eigenvalue weighted by Gasteiger charge is -2.09. The second kappa shape index (κ2) is 8.70. The summed E-state index contributed by atoms with van der Waals surface area (Å²) in [5.41, 5.74) is 2.13. The molecule has 1 aromatic carbocycles. The van der Waals surface area contributed by atoms with Gasteiger partial charge in [0.15, 0.2) is 0 Å². The van der Waals surface area contributed by atoms with Gasteiger partial charge in [-0.1, -0.05) is 38.5 Å². The van der Waals surface area contributed by atoms with Crippen LogP contribution in [0.15, 0.2) is 24.3 Å². The number of hydrogen-bond acceptors (Lipinski definition) is 2. The molecule has 0 saturated carbocycles. The zero-order valence-electron chi connectivity index (χ0n) is 11.5. The Labute approximate surface area is 110 Å². The number of benzene rings is 1. The number of nitrogens with one attached hydrogen (secondary N) is 2. The van der Waals surface area contributed by atoms with Crippen LogP contribution in [0.4, 0.5) is 5.69 Å². The lowest BCUT2D eigenvalue weighted by Crippen LogP contribution is -2.22. The van der Waals surface area contributed by atoms with Crippen molar-refractivity contribution >= 4 is 11.6 Å². The highest BCUT2D eigenvalue weighted by molar-refractivity contribution is 5.91. The van der Waals surface area contributed by atoms with Crippen LogP contribution in [0.25, 0.3) is 0 Å². The number of carbonyl (C=O) groups excluding carboxylic acids is 1. The maximum Gasteiger partial charge on any atom is 0.225 e. The number of unbranched alkanes of at least 4 members (excludes halogenated alkanes) is 1. The molecule has 0 bridgehead atoms. The van der Waals surface area contributed by atoms with Gasteiger partial charge in [0, 0.05) is 18.7 Å². The Balaban J connectivity index is 2.31. The Morgan fingerprint density at radius 2 is 1.94 bits per heavy atom. The molecule has 2 N–H and O–H groups in total. The van der Waals surface area contributed by atoms with Crippen LogP contribution in [-0.4, -0.2) is 19.0 Å². The summed E-state index contributed by atoms with van der Waals surface area (Å²) in [5.74, 6) is 0.0832. The van der Waals surface area contributed by atoms with Crippen molar-refractivity contribution in [1.29, 1.82) is 0 Å². The first kappa shape index (κ1) is 14.7. The molecular weight excluding hydrogens is 224 g/mol. The first-order valence-corrected chi connectivity index (χ1v) is 6.86. The molecule has 0 radical (unpaired) electrons. The molecule has 0 atom stereocenters. The Hall–Kier alpha value is -1.35. The van der Waals surface area contributed by atoms with Crippen molar-refractivity contribution in [3.8, 4) is 0 Å². The molecule has 3 heteroatoms. The SMILES string of the molecule is CCCCNCCC(=O)Nc1ccccc1CC. The summed E-state index contributed by atoms with van der Waals surface area (Å²) in [7, 11) is 0. The van der Waals surface area contributed by atoms with Gasteiger partial charge < -0.3 is 10.6 Å². The summed E-state index contributed by atoms with van der Waals surface area (Å²) in [5, 5.41) is 6.24. The number of rotatable bonds is 8. The quantitative estimate of drug-likeness (QED) is 0.694. The third-order valence-electron chi connectivity index (χ3n) is 2.91. The monoisotopic (exact) mass is 248 g/mol. The van der Waals surface area contributed by atoms with Gasteiger partial charge >= 0.3 is 0 Å². The van der Waals surface area contributed by atoms with Crippen molar-refractivity contribution < 1.29 is 4.79 Å². The van der Waals surface area contributed by atoms with Crippen LogP contribution in [0, 0.1) is 0 Å². The topological polar surface area (TPSA) is 41.1 Å². The summed E-state index contributed by atoms with van der Waals surface area (Å²) in [4.78, 5) is 11.8. The van der Waals surface area contributed by atoms with Gasteiger partial charge in [-0.15, -0.1) is 0 Å². The molecule has 0 heterocycles. The van der Waals surface area contributed by atoms with Gasteiger partial charge in [0.05, 0.1) is 0 Å². The Morgan fingerprint density at radius 1 is 1.17 bits per heavy atom. The molecule has 18 heavy (non-hydrogen) atoms. The summed E-state index contributed by atoms with van der Waals surface area (Å²) in [6.45, 7) is 6.00. The molecule has 0 aromatic heterocycles. The molecule has 0 spiro atoms. The van der Waals surface area contributed by atoms with Crippen molar-refractivity contribution in [2.24, 2.45) is 0 Å². The van der Waals surface area contributed by atoms with Crippen LogP contribution >= 0.6 is 0 Å². The predicted molar refractivity (Wildman–Crippen MR) is 76.8 cm³/mol. The third-order valence-corrected chi connectivity index (χ3v) is 2.91. The highest BCUT2D eigenvalue weighted by Gasteiger charge is 2.04. The van der Waals surface area contributed by atoms with E-state index in [1.54, 1.807) is 0 Å². The third kappa shape index (κ3) is 5.32. The van der Waals surface area contributed by atoms with Crippen molar-refractivity contribution in [1.82, 2.24) is 5.32 Å². The number of aryl methyl sites for hydroxylation is 1. The standard InChI is InChI=1S/C15H24N2O/c1-3-5-11-16-12-10-15(18)17-14-9-7-6-8-13(14)4-2/h6-9,16H,3-5,10-12H2,1-2H3,(H,17,18). The summed E-state index contributed by atoms with van der Waals surface area (Å²) in [6, 6.07) is 7.96. The van der Waals surface area contributed by atoms with Gasteiger partial charge in [0.25, 0.3) is 0 Å². The molecule has 100 valence electrons. The van der Waals surface area contributed by atoms with Crippen LogP contribution in [0.1, 0.15) is 38.7 Å². The highest BCUT2D eigenvalue weighted by Crippen LogP contribution is 2.15. The minimum Gasteiger partial charge on any atom is -0.326 e. The number of hydrogen-bond donors (Lipinski definition) is 2. The first-order chi connectivity index (χ1) is 8.77. The van der Waals surface area contributed by atoms with Gasteiger partial charge in [0.1, 0.15) is 0 Å². The van der Waals surface area contributed by atoms with Gasteiger partial charge in [-0.25, -0.2) is 0 Å². The zero-order chi connectivity index (χ0) is 13.2. The minimum atomic E-state index is 0.0832. The molecule has 1 rings (SSSR count). The van der Waals surface area contributed by atoms with Crippen LogP contribution in [0.5, 0.6) is 0 Å². The lowest BCUT2D eigenvalue weighted by atomic mass is 10.1. The fourth-order valence-corrected chi connectivity index (χ4v) is 1.79. The average Bonchev–Trinajstić information content (AvgIpc) is 2.39. The van der Waals surface area contributed by atoms with E-state index < -0.39 is 0 Å². The van der Waals surface area contributed by atoms with E-state index in [9.17, 15) is 4.79 Å². The van der Waals surface area contributed by atoms with Crippen LogP contribution in [-0.2, 0) is 11.2 Å². The van der Waals surface area contributed by atoms with Gasteiger partial charge in [-0.2, -0.15) is 0 Å². The van der Waals surface area contributed by atoms with Crippen molar-refractivity contribution in [3.05, 3.63) is 29.8 Å². The Bertz CT molecular complexity index is 363. The van der Waals surface area contributed by atoms with Crippen molar-refractivity contribution in [2.75, 3.05) is 18.4 Å². The molecule has 0 fully saturated rings. The molecule has 0 unspecified atom stereocenters. The lowest BCUT2D eigenvalue weighted by molar-refractivity contribution is -0.116. The van der Waals surface area contributed by atoms with E-state index in [2.05, 4.69) is 30.5 Å². The van der Waals surface area contributed by atoms with Crippen LogP contribution in [0.3, 0.4) is 0 Å². The number of carbonyl (C=O) groups is 1. The highest BCUT2D eigenvalue weighted by atomic mass is 16.1. The summed E-state index contributed by atoms with van der Waals surface area (Å²) < 4.78 is 0. The number of anilines is 1. The average molecular weight is 248 g/mol. The van der Waals surface area contributed by atoms with Crippen LogP contribution < -0.4 is 10.6 Å². The molecular formula is C15H24N2O. The number of amides is 1. The normalized spacial score (nSPS) is 10.3.